The number of hydrogen-bond donors (Lipinski definition) is 3. The van der Waals surface area contributed by atoms with E-state index in [0.29, 0.717) is 5.70 Å². The fourth-order valence-electron chi connectivity index (χ4n) is 1.77. The number of aliphatic imine (C=N–C) groups is 1. The van der Waals surface area contributed by atoms with E-state index < -0.39 is 12.0 Å². The maximum absolute atomic E-state index is 11.3. The van der Waals surface area contributed by atoms with Crippen LogP contribution in [0.2, 0.25) is 0 Å². The number of amidine groups is 1. The van der Waals surface area contributed by atoms with Gasteiger partial charge in [-0.1, -0.05) is 11.8 Å². The number of hydrogen-bond acceptors (Lipinski definition) is 4. The van der Waals surface area contributed by atoms with Crippen LogP contribution in [0.1, 0.15) is 18.7 Å². The van der Waals surface area contributed by atoms with Crippen molar-refractivity contribution in [3.05, 3.63) is 35.3 Å². The molecule has 0 spiro atoms. The van der Waals surface area contributed by atoms with Crippen LogP contribution in [-0.2, 0) is 4.79 Å². The number of aromatic amines is 1. The molecule has 0 saturated heterocycles. The number of rotatable bonds is 2. The summed E-state index contributed by atoms with van der Waals surface area (Å²) >= 11 is 1.46. The van der Waals surface area contributed by atoms with Gasteiger partial charge in [0, 0.05) is 17.6 Å². The Morgan fingerprint density at radius 3 is 2.88 bits per heavy atom. The Hall–Kier alpha value is -1.69. The molecule has 1 unspecified atom stereocenters. The van der Waals surface area contributed by atoms with Gasteiger partial charge in [0.15, 0.2) is 5.17 Å². The zero-order valence-electron chi connectivity index (χ0n) is 9.52. The summed E-state index contributed by atoms with van der Waals surface area (Å²) in [4.78, 5) is 18.7. The molecule has 0 fully saturated rings. The van der Waals surface area contributed by atoms with Crippen molar-refractivity contribution < 1.29 is 9.90 Å². The average Bonchev–Trinajstić information content (AvgIpc) is 2.80. The second-order valence-corrected chi connectivity index (χ2v) is 4.43. The maximum atomic E-state index is 11.3. The minimum absolute atomic E-state index is 0.283. The number of carboxylic acids is 1. The molecule has 17 heavy (non-hydrogen) atoms. The Morgan fingerprint density at radius 1 is 1.59 bits per heavy atom. The topological polar surface area (TPSA) is 77.5 Å². The average molecular weight is 251 g/mol. The van der Waals surface area contributed by atoms with Crippen molar-refractivity contribution in [1.29, 1.82) is 0 Å². The maximum Gasteiger partial charge on any atom is 0.335 e. The molecule has 0 bridgehead atoms. The standard InChI is InChI=1S/C11H13N3O2S/c1-6-8(10(15)16)9(7-4-3-5-12-7)14-11(13-6)17-2/h3-5,9,12H,1-2H3,(H,13,14)(H,15,16). The second-order valence-electron chi connectivity index (χ2n) is 3.64. The van der Waals surface area contributed by atoms with E-state index in [1.54, 1.807) is 13.1 Å². The summed E-state index contributed by atoms with van der Waals surface area (Å²) in [6.07, 6.45) is 3.66. The Morgan fingerprint density at radius 2 is 2.35 bits per heavy atom. The zero-order valence-corrected chi connectivity index (χ0v) is 10.3. The molecule has 1 aromatic rings. The van der Waals surface area contributed by atoms with Crippen molar-refractivity contribution in [3.8, 4) is 0 Å². The highest BCUT2D eigenvalue weighted by Crippen LogP contribution is 2.30. The lowest BCUT2D eigenvalue weighted by molar-refractivity contribution is -0.133. The summed E-state index contributed by atoms with van der Waals surface area (Å²) in [6, 6.07) is 3.21. The first-order valence-corrected chi connectivity index (χ1v) is 6.32. The predicted molar refractivity (Wildman–Crippen MR) is 68.0 cm³/mol. The molecule has 6 heteroatoms. The molecule has 0 aromatic carbocycles. The van der Waals surface area contributed by atoms with Crippen LogP contribution in [0.4, 0.5) is 0 Å². The molecule has 1 aliphatic heterocycles. The lowest BCUT2D eigenvalue weighted by atomic mass is 10.0. The summed E-state index contributed by atoms with van der Waals surface area (Å²) in [5.74, 6) is -0.946. The number of aromatic nitrogens is 1. The van der Waals surface area contributed by atoms with E-state index in [1.807, 2.05) is 18.4 Å². The van der Waals surface area contributed by atoms with Gasteiger partial charge in [0.2, 0.25) is 0 Å². The lowest BCUT2D eigenvalue weighted by Gasteiger charge is -2.23. The first kappa shape index (κ1) is 11.8. The fourth-order valence-corrected chi connectivity index (χ4v) is 2.23. The van der Waals surface area contributed by atoms with Gasteiger partial charge < -0.3 is 15.4 Å². The minimum atomic E-state index is -0.946. The van der Waals surface area contributed by atoms with Crippen LogP contribution in [0.15, 0.2) is 34.6 Å². The predicted octanol–water partition coefficient (Wildman–Crippen LogP) is 1.74. The summed E-state index contributed by atoms with van der Waals surface area (Å²) in [7, 11) is 0. The molecule has 0 amide bonds. The van der Waals surface area contributed by atoms with Gasteiger partial charge in [-0.25, -0.2) is 9.79 Å². The number of carboxylic acid groups (broad SMARTS) is 1. The van der Waals surface area contributed by atoms with Gasteiger partial charge in [-0.05, 0) is 25.3 Å². The molecule has 1 aliphatic rings. The van der Waals surface area contributed by atoms with Crippen LogP contribution in [0.5, 0.6) is 0 Å². The largest absolute Gasteiger partial charge is 0.478 e. The summed E-state index contributed by atoms with van der Waals surface area (Å²) in [6.45, 7) is 1.75. The van der Waals surface area contributed by atoms with E-state index in [9.17, 15) is 9.90 Å². The highest BCUT2D eigenvalue weighted by molar-refractivity contribution is 8.13. The Bertz CT molecular complexity index is 491. The molecule has 3 N–H and O–H groups in total. The lowest BCUT2D eigenvalue weighted by Crippen LogP contribution is -2.29. The van der Waals surface area contributed by atoms with Crippen LogP contribution in [0.3, 0.4) is 0 Å². The van der Waals surface area contributed by atoms with E-state index in [4.69, 9.17) is 0 Å². The monoisotopic (exact) mass is 251 g/mol. The Labute approximate surface area is 103 Å². The van der Waals surface area contributed by atoms with Crippen molar-refractivity contribution in [3.63, 3.8) is 0 Å². The van der Waals surface area contributed by atoms with Crippen molar-refractivity contribution in [2.45, 2.75) is 13.0 Å². The van der Waals surface area contributed by atoms with Gasteiger partial charge in [0.1, 0.15) is 6.04 Å². The van der Waals surface area contributed by atoms with Crippen molar-refractivity contribution >= 4 is 22.9 Å². The quantitative estimate of drug-likeness (QED) is 0.748. The zero-order chi connectivity index (χ0) is 12.4. The van der Waals surface area contributed by atoms with Gasteiger partial charge in [0.25, 0.3) is 0 Å². The number of H-pyrrole nitrogens is 1. The molecular weight excluding hydrogens is 238 g/mol. The third-order valence-corrected chi connectivity index (χ3v) is 3.15. The van der Waals surface area contributed by atoms with Crippen molar-refractivity contribution in [2.24, 2.45) is 4.99 Å². The third kappa shape index (κ3) is 2.21. The van der Waals surface area contributed by atoms with Crippen LogP contribution < -0.4 is 5.32 Å². The van der Waals surface area contributed by atoms with E-state index in [-0.39, 0.29) is 5.57 Å². The summed E-state index contributed by atoms with van der Waals surface area (Å²) in [5.41, 5.74) is 1.71. The first-order chi connectivity index (χ1) is 8.13. The van der Waals surface area contributed by atoms with Crippen LogP contribution in [0.25, 0.3) is 0 Å². The molecule has 0 radical (unpaired) electrons. The molecule has 1 atom stereocenters. The van der Waals surface area contributed by atoms with Crippen LogP contribution in [-0.4, -0.2) is 27.5 Å². The molecule has 1 aromatic heterocycles. The van der Waals surface area contributed by atoms with Gasteiger partial charge in [-0.2, -0.15) is 0 Å². The second kappa shape index (κ2) is 4.67. The van der Waals surface area contributed by atoms with E-state index in [2.05, 4.69) is 15.3 Å². The van der Waals surface area contributed by atoms with Gasteiger partial charge in [-0.3, -0.25) is 0 Å². The number of allylic oxidation sites excluding steroid dienone is 1. The number of thioether (sulfide) groups is 1. The van der Waals surface area contributed by atoms with Crippen molar-refractivity contribution in [2.75, 3.05) is 6.26 Å². The van der Waals surface area contributed by atoms with Gasteiger partial charge in [-0.15, -0.1) is 0 Å². The Kier molecular flexibility index (Phi) is 3.23. The number of nitrogens with zero attached hydrogens (tertiary/aromatic N) is 1. The van der Waals surface area contributed by atoms with Gasteiger partial charge in [0.05, 0.1) is 5.57 Å². The molecular formula is C11H13N3O2S. The molecule has 90 valence electrons. The number of carbonyl (C=O) groups is 1. The summed E-state index contributed by atoms with van der Waals surface area (Å²) in [5, 5.41) is 13.0. The van der Waals surface area contributed by atoms with Crippen LogP contribution >= 0.6 is 11.8 Å². The smallest absolute Gasteiger partial charge is 0.335 e. The molecule has 5 nitrogen and oxygen atoms in total. The summed E-state index contributed by atoms with van der Waals surface area (Å²) < 4.78 is 0. The van der Waals surface area contributed by atoms with Crippen molar-refractivity contribution in [1.82, 2.24) is 10.3 Å². The first-order valence-electron chi connectivity index (χ1n) is 5.09. The highest BCUT2D eigenvalue weighted by atomic mass is 32.2. The van der Waals surface area contributed by atoms with E-state index in [1.165, 1.54) is 11.8 Å². The van der Waals surface area contributed by atoms with Crippen LogP contribution in [0, 0.1) is 0 Å². The molecule has 2 heterocycles. The third-order valence-electron chi connectivity index (χ3n) is 2.56. The van der Waals surface area contributed by atoms with Gasteiger partial charge >= 0.3 is 5.97 Å². The Balaban J connectivity index is 2.46. The normalized spacial score (nSPS) is 19.9. The van der Waals surface area contributed by atoms with E-state index >= 15 is 0 Å². The SMILES string of the molecule is CSC1=NC(c2ccc[nH]2)C(C(=O)O)=C(C)N1. The highest BCUT2D eigenvalue weighted by Gasteiger charge is 2.29. The minimum Gasteiger partial charge on any atom is -0.478 e. The fraction of sp³-hybridized carbons (Fsp3) is 0.273. The molecule has 0 saturated carbocycles. The molecule has 0 aliphatic carbocycles. The number of aliphatic carboxylic acids is 1. The van der Waals surface area contributed by atoms with E-state index in [0.717, 1.165) is 10.9 Å². The molecule has 2 rings (SSSR count). The number of nitrogens with one attached hydrogen (secondary N) is 2.